The van der Waals surface area contributed by atoms with Crippen LogP contribution in [0.2, 0.25) is 0 Å². The number of carbonyl (C=O) groups excluding carboxylic acids is 2. The smallest absolute Gasteiger partial charge is 0.338 e. The molecular formula is C20H23NO5. The van der Waals surface area contributed by atoms with Crippen molar-refractivity contribution in [1.82, 2.24) is 0 Å². The number of allylic oxidation sites excluding steroid dienone is 2. The largest absolute Gasteiger partial charge is 0.481 e. The van der Waals surface area contributed by atoms with Gasteiger partial charge >= 0.3 is 11.9 Å². The lowest BCUT2D eigenvalue weighted by molar-refractivity contribution is -0.146. The Kier molecular flexibility index (Phi) is 5.40. The van der Waals surface area contributed by atoms with Gasteiger partial charge in [-0.05, 0) is 48.9 Å². The van der Waals surface area contributed by atoms with E-state index in [2.05, 4.69) is 5.32 Å². The van der Waals surface area contributed by atoms with Crippen LogP contribution in [0.3, 0.4) is 0 Å². The molecule has 1 saturated carbocycles. The Labute approximate surface area is 152 Å². The van der Waals surface area contributed by atoms with Crippen LogP contribution in [0.5, 0.6) is 0 Å². The van der Waals surface area contributed by atoms with Crippen LogP contribution in [0, 0.1) is 23.7 Å². The zero-order valence-corrected chi connectivity index (χ0v) is 14.7. The third kappa shape index (κ3) is 3.64. The maximum absolute atomic E-state index is 12.6. The molecule has 0 saturated heterocycles. The first-order valence-electron chi connectivity index (χ1n) is 9.00. The van der Waals surface area contributed by atoms with Crippen LogP contribution >= 0.6 is 0 Å². The Morgan fingerprint density at radius 1 is 1.12 bits per heavy atom. The Hall–Kier alpha value is -2.63. The minimum absolute atomic E-state index is 0.0195. The van der Waals surface area contributed by atoms with Gasteiger partial charge < -0.3 is 15.2 Å². The standard InChI is InChI=1S/C20H23NO5/c1-2-3-10-26-20(25)12-6-8-15(9-7-12)21-18(22)16-13-4-5-14(11-13)17(16)19(23)24/h4-9,13-14,16-17H,2-3,10-11H2,1H3,(H,21,22)(H,23,24)/t13-,14+,16-,17+/m1/s1. The fraction of sp³-hybridized carbons (Fsp3) is 0.450. The molecule has 0 heterocycles. The van der Waals surface area contributed by atoms with Gasteiger partial charge in [-0.15, -0.1) is 0 Å². The summed E-state index contributed by atoms with van der Waals surface area (Å²) in [6.07, 6.45) is 6.35. The molecule has 0 radical (unpaired) electrons. The van der Waals surface area contributed by atoms with E-state index in [9.17, 15) is 19.5 Å². The fourth-order valence-corrected chi connectivity index (χ4v) is 3.82. The molecule has 1 aromatic carbocycles. The molecular weight excluding hydrogens is 334 g/mol. The van der Waals surface area contributed by atoms with E-state index in [4.69, 9.17) is 4.74 Å². The van der Waals surface area contributed by atoms with Crippen molar-refractivity contribution in [3.8, 4) is 0 Å². The molecule has 6 heteroatoms. The number of rotatable bonds is 7. The predicted octanol–water partition coefficient (Wildman–Crippen LogP) is 3.10. The van der Waals surface area contributed by atoms with E-state index in [0.717, 1.165) is 19.3 Å². The number of ether oxygens (including phenoxy) is 1. The topological polar surface area (TPSA) is 92.7 Å². The van der Waals surface area contributed by atoms with Gasteiger partial charge in [-0.25, -0.2) is 4.79 Å². The second-order valence-corrected chi connectivity index (χ2v) is 6.89. The first-order chi connectivity index (χ1) is 12.5. The second-order valence-electron chi connectivity index (χ2n) is 6.89. The number of esters is 1. The molecule has 2 aliphatic rings. The lowest BCUT2D eigenvalue weighted by Crippen LogP contribution is -2.36. The number of carboxylic acids is 1. The summed E-state index contributed by atoms with van der Waals surface area (Å²) in [5.41, 5.74) is 0.960. The van der Waals surface area contributed by atoms with Crippen molar-refractivity contribution < 1.29 is 24.2 Å². The molecule has 2 aliphatic carbocycles. The highest BCUT2D eigenvalue weighted by Gasteiger charge is 2.51. The molecule has 0 aliphatic heterocycles. The number of aliphatic carboxylic acids is 1. The highest BCUT2D eigenvalue weighted by molar-refractivity contribution is 5.97. The van der Waals surface area contributed by atoms with E-state index in [1.54, 1.807) is 24.3 Å². The van der Waals surface area contributed by atoms with Crippen molar-refractivity contribution in [1.29, 1.82) is 0 Å². The maximum Gasteiger partial charge on any atom is 0.338 e. The van der Waals surface area contributed by atoms with Gasteiger partial charge in [0.05, 0.1) is 24.0 Å². The van der Waals surface area contributed by atoms with Crippen molar-refractivity contribution in [3.05, 3.63) is 42.0 Å². The quantitative estimate of drug-likeness (QED) is 0.444. The lowest BCUT2D eigenvalue weighted by atomic mass is 9.82. The van der Waals surface area contributed by atoms with E-state index < -0.39 is 17.8 Å². The molecule has 0 aromatic heterocycles. The Morgan fingerprint density at radius 2 is 1.77 bits per heavy atom. The van der Waals surface area contributed by atoms with Gasteiger partial charge in [0.2, 0.25) is 5.91 Å². The first-order valence-corrected chi connectivity index (χ1v) is 9.00. The third-order valence-electron chi connectivity index (χ3n) is 5.17. The fourth-order valence-electron chi connectivity index (χ4n) is 3.82. The van der Waals surface area contributed by atoms with Crippen molar-refractivity contribution in [2.45, 2.75) is 26.2 Å². The number of amides is 1. The number of hydrogen-bond donors (Lipinski definition) is 2. The summed E-state index contributed by atoms with van der Waals surface area (Å²) in [6.45, 7) is 2.41. The van der Waals surface area contributed by atoms with Crippen molar-refractivity contribution >= 4 is 23.5 Å². The number of unbranched alkanes of at least 4 members (excludes halogenated alkanes) is 1. The normalized spacial score (nSPS) is 25.9. The van der Waals surface area contributed by atoms with E-state index in [1.165, 1.54) is 0 Å². The van der Waals surface area contributed by atoms with Gasteiger partial charge in [0.15, 0.2) is 0 Å². The van der Waals surface area contributed by atoms with E-state index in [0.29, 0.717) is 17.9 Å². The summed E-state index contributed by atoms with van der Waals surface area (Å²) in [6, 6.07) is 6.46. The summed E-state index contributed by atoms with van der Waals surface area (Å²) in [7, 11) is 0. The van der Waals surface area contributed by atoms with Gasteiger partial charge in [-0.1, -0.05) is 25.5 Å². The minimum atomic E-state index is -0.924. The molecule has 1 fully saturated rings. The highest BCUT2D eigenvalue weighted by atomic mass is 16.5. The van der Waals surface area contributed by atoms with Crippen molar-refractivity contribution in [2.75, 3.05) is 11.9 Å². The van der Waals surface area contributed by atoms with Gasteiger partial charge in [0.1, 0.15) is 0 Å². The lowest BCUT2D eigenvalue weighted by Gasteiger charge is -2.23. The predicted molar refractivity (Wildman–Crippen MR) is 95.6 cm³/mol. The van der Waals surface area contributed by atoms with Gasteiger partial charge in [0, 0.05) is 5.69 Å². The molecule has 1 aromatic rings. The average Bonchev–Trinajstić information content (AvgIpc) is 3.23. The average molecular weight is 357 g/mol. The van der Waals surface area contributed by atoms with E-state index in [1.807, 2.05) is 19.1 Å². The summed E-state index contributed by atoms with van der Waals surface area (Å²) < 4.78 is 5.15. The number of carboxylic acid groups (broad SMARTS) is 1. The van der Waals surface area contributed by atoms with Gasteiger partial charge in [-0.3, -0.25) is 9.59 Å². The number of hydrogen-bond acceptors (Lipinski definition) is 4. The van der Waals surface area contributed by atoms with Crippen LogP contribution in [0.25, 0.3) is 0 Å². The maximum atomic E-state index is 12.6. The van der Waals surface area contributed by atoms with Crippen LogP contribution in [0.4, 0.5) is 5.69 Å². The van der Waals surface area contributed by atoms with Crippen molar-refractivity contribution in [3.63, 3.8) is 0 Å². The Morgan fingerprint density at radius 3 is 2.38 bits per heavy atom. The molecule has 138 valence electrons. The highest BCUT2D eigenvalue weighted by Crippen LogP contribution is 2.48. The first kappa shape index (κ1) is 18.2. The number of anilines is 1. The molecule has 6 nitrogen and oxygen atoms in total. The molecule has 4 atom stereocenters. The van der Waals surface area contributed by atoms with Crippen LogP contribution in [-0.2, 0) is 14.3 Å². The molecule has 2 bridgehead atoms. The minimum Gasteiger partial charge on any atom is -0.481 e. The second kappa shape index (κ2) is 7.72. The van der Waals surface area contributed by atoms with Gasteiger partial charge in [-0.2, -0.15) is 0 Å². The molecule has 2 N–H and O–H groups in total. The van der Waals surface area contributed by atoms with Gasteiger partial charge in [0.25, 0.3) is 0 Å². The van der Waals surface area contributed by atoms with Crippen molar-refractivity contribution in [2.24, 2.45) is 23.7 Å². The summed E-state index contributed by atoms with van der Waals surface area (Å²) >= 11 is 0. The summed E-state index contributed by atoms with van der Waals surface area (Å²) in [4.78, 5) is 36.0. The Balaban J connectivity index is 1.62. The monoisotopic (exact) mass is 357 g/mol. The molecule has 0 spiro atoms. The number of carbonyl (C=O) groups is 3. The number of fused-ring (bicyclic) bond motifs is 2. The summed E-state index contributed by atoms with van der Waals surface area (Å²) in [5, 5.41) is 12.2. The third-order valence-corrected chi connectivity index (χ3v) is 5.17. The number of nitrogens with one attached hydrogen (secondary N) is 1. The molecule has 0 unspecified atom stereocenters. The van der Waals surface area contributed by atoms with Crippen LogP contribution in [0.1, 0.15) is 36.5 Å². The zero-order valence-electron chi connectivity index (χ0n) is 14.7. The molecule has 3 rings (SSSR count). The zero-order chi connectivity index (χ0) is 18.7. The molecule has 1 amide bonds. The van der Waals surface area contributed by atoms with Crippen LogP contribution < -0.4 is 5.32 Å². The van der Waals surface area contributed by atoms with E-state index >= 15 is 0 Å². The Bertz CT molecular complexity index is 724. The van der Waals surface area contributed by atoms with E-state index in [-0.39, 0.29) is 23.7 Å². The molecule has 26 heavy (non-hydrogen) atoms. The SMILES string of the molecule is CCCCOC(=O)c1ccc(NC(=O)[C@H]2[C@@H](C(=O)O)[C@H]3C=C[C@@H]2C3)cc1. The van der Waals surface area contributed by atoms with Crippen LogP contribution in [0.15, 0.2) is 36.4 Å². The number of benzene rings is 1. The van der Waals surface area contributed by atoms with Crippen LogP contribution in [-0.4, -0.2) is 29.6 Å². The summed E-state index contributed by atoms with van der Waals surface area (Å²) in [5.74, 6) is -2.90.